The minimum absolute atomic E-state index is 0.0517. The molecule has 0 amide bonds. The number of hydrogen-bond donors (Lipinski definition) is 0. The molecule has 0 heterocycles. The van der Waals surface area contributed by atoms with Crippen LogP contribution in [0.1, 0.15) is 245 Å². The number of unbranched alkanes of at least 4 members (excludes halogenated alkanes) is 14. The minimum Gasteiger partial charge on any atom is -0.756 e. The zero-order valence-electron chi connectivity index (χ0n) is 59.8. The highest BCUT2D eigenvalue weighted by Crippen LogP contribution is 2.38. The highest BCUT2D eigenvalue weighted by Gasteiger charge is 2.22. The highest BCUT2D eigenvalue weighted by atomic mass is 31.2. The lowest BCUT2D eigenvalue weighted by molar-refractivity contribution is -0.870. The summed E-state index contributed by atoms with van der Waals surface area (Å²) < 4.78 is 34.3. The van der Waals surface area contributed by atoms with Gasteiger partial charge in [0, 0.05) is 12.8 Å². The topological polar surface area (TPSA) is 111 Å². The number of phosphoric acid groups is 1. The molecule has 9 nitrogen and oxygen atoms in total. The number of rotatable bonds is 64. The zero-order chi connectivity index (χ0) is 68.3. The summed E-state index contributed by atoms with van der Waals surface area (Å²) in [6.07, 6.45) is 114. The van der Waals surface area contributed by atoms with Crippen molar-refractivity contribution in [3.63, 3.8) is 0 Å². The summed E-state index contributed by atoms with van der Waals surface area (Å²) in [5.74, 6) is -0.902. The molecule has 0 fully saturated rings. The Morgan fingerprint density at radius 1 is 0.330 bits per heavy atom. The average Bonchev–Trinajstić information content (AvgIpc) is 1.56. The Morgan fingerprint density at radius 2 is 0.574 bits per heavy atom. The molecule has 0 rings (SSSR count). The molecule has 94 heavy (non-hydrogen) atoms. The molecular formula is C84H132NO8P. The van der Waals surface area contributed by atoms with Crippen molar-refractivity contribution in [2.75, 3.05) is 47.5 Å². The van der Waals surface area contributed by atoms with Gasteiger partial charge in [-0.15, -0.1) is 0 Å². The summed E-state index contributed by atoms with van der Waals surface area (Å²) in [6.45, 7) is 3.93. The maximum atomic E-state index is 12.9. The highest BCUT2D eigenvalue weighted by molar-refractivity contribution is 7.45. The van der Waals surface area contributed by atoms with Gasteiger partial charge in [-0.1, -0.05) is 297 Å². The van der Waals surface area contributed by atoms with Gasteiger partial charge in [0.2, 0.25) is 0 Å². The number of esters is 2. The number of allylic oxidation sites excluding steroid dienone is 36. The van der Waals surface area contributed by atoms with Gasteiger partial charge in [0.25, 0.3) is 7.82 Å². The molecule has 0 N–H and O–H groups in total. The first-order chi connectivity index (χ1) is 46.0. The van der Waals surface area contributed by atoms with E-state index < -0.39 is 32.5 Å². The third kappa shape index (κ3) is 75.4. The zero-order valence-corrected chi connectivity index (χ0v) is 60.7. The van der Waals surface area contributed by atoms with Gasteiger partial charge in [-0.2, -0.15) is 0 Å². The Morgan fingerprint density at radius 3 is 0.872 bits per heavy atom. The molecule has 0 bridgehead atoms. The Balaban J connectivity index is 4.21. The van der Waals surface area contributed by atoms with Crippen LogP contribution in [0, 0.1) is 0 Å². The number of carbonyl (C=O) groups excluding carboxylic acids is 2. The van der Waals surface area contributed by atoms with Gasteiger partial charge < -0.3 is 27.9 Å². The predicted molar refractivity (Wildman–Crippen MR) is 405 cm³/mol. The maximum Gasteiger partial charge on any atom is 0.306 e. The molecule has 0 aromatic heterocycles. The molecule has 0 aliphatic carbocycles. The minimum atomic E-state index is -4.67. The molecule has 10 heteroatoms. The second kappa shape index (κ2) is 71.6. The van der Waals surface area contributed by atoms with E-state index in [1.807, 2.05) is 21.1 Å². The van der Waals surface area contributed by atoms with Crippen molar-refractivity contribution in [3.05, 3.63) is 219 Å². The summed E-state index contributed by atoms with van der Waals surface area (Å²) in [4.78, 5) is 38.1. The third-order valence-corrected chi connectivity index (χ3v) is 15.5. The van der Waals surface area contributed by atoms with Crippen LogP contribution in [0.3, 0.4) is 0 Å². The Labute approximate surface area is 576 Å². The normalized spacial score (nSPS) is 14.4. The summed E-state index contributed by atoms with van der Waals surface area (Å²) >= 11 is 0. The van der Waals surface area contributed by atoms with E-state index in [1.165, 1.54) is 57.8 Å². The van der Waals surface area contributed by atoms with Crippen molar-refractivity contribution in [2.45, 2.75) is 251 Å². The van der Waals surface area contributed by atoms with E-state index in [2.05, 4.69) is 233 Å². The first-order valence-corrected chi connectivity index (χ1v) is 37.9. The fourth-order valence-electron chi connectivity index (χ4n) is 8.99. The largest absolute Gasteiger partial charge is 0.756 e. The molecule has 0 saturated carbocycles. The summed E-state index contributed by atoms with van der Waals surface area (Å²) in [6, 6.07) is 0. The third-order valence-electron chi connectivity index (χ3n) is 14.5. The quantitative estimate of drug-likeness (QED) is 0.0195. The molecule has 0 saturated heterocycles. The van der Waals surface area contributed by atoms with Gasteiger partial charge in [0.15, 0.2) is 6.10 Å². The SMILES string of the molecule is CC/C=C\C/C=C\C/C=C\C/C=C\C/C=C\C/C=C\C/C=C\C/C=C\C/C=C\C/C=C\C/C=C\C/C=C\CCCCC(=O)OC(COC(=O)CCCCCCCCCCCCCC/C=C\C/C=C\C/C=C\C/C=C\C/C=C\C/C=C\CC)COP(=O)([O-])OCC[N+](C)(C)C. The molecule has 526 valence electrons. The molecule has 0 aromatic carbocycles. The van der Waals surface area contributed by atoms with Crippen molar-refractivity contribution >= 4 is 19.8 Å². The van der Waals surface area contributed by atoms with Crippen LogP contribution in [0.15, 0.2) is 219 Å². The van der Waals surface area contributed by atoms with E-state index in [9.17, 15) is 19.0 Å². The summed E-state index contributed by atoms with van der Waals surface area (Å²) in [5.41, 5.74) is 0. The standard InChI is InChI=1S/C84H132NO8P/c1-6-8-10-12-14-16-18-20-22-24-26-28-30-32-34-36-38-39-40-41-42-43-44-45-47-49-51-53-55-57-59-61-63-65-67-69-71-73-75-77-84(87)93-82(81-92-94(88,89)91-79-78-85(3,4)5)80-90-83(86)76-74-72-70-68-66-64-62-60-58-56-54-52-50-48-46-37-35-33-31-29-27-25-23-21-19-17-15-13-11-9-7-2/h8-11,14-17,20-23,26-29,32-35,38-39,41-42,44-46,48-49,51,55,57,61,63,67,69,82H,6-7,12-13,18-19,24-25,30-31,36-37,40,43,47,50,52-54,56,58-60,62,64-66,68,70-81H2,1-5H3/b10-8-,11-9-,16-14-,17-15-,22-20-,23-21-,28-26-,29-27-,34-32-,35-33-,39-38-,42-41-,45-44-,48-46-,51-49-,57-55-,63-61-,69-67-. The van der Waals surface area contributed by atoms with Gasteiger partial charge >= 0.3 is 11.9 Å². The van der Waals surface area contributed by atoms with E-state index in [-0.39, 0.29) is 26.1 Å². The fourth-order valence-corrected chi connectivity index (χ4v) is 9.72. The van der Waals surface area contributed by atoms with E-state index in [1.54, 1.807) is 0 Å². The molecule has 0 aliphatic heterocycles. The first kappa shape index (κ1) is 88.3. The lowest BCUT2D eigenvalue weighted by Crippen LogP contribution is -2.37. The van der Waals surface area contributed by atoms with Crippen molar-refractivity contribution in [1.82, 2.24) is 0 Å². The van der Waals surface area contributed by atoms with Gasteiger partial charge in [-0.3, -0.25) is 14.2 Å². The van der Waals surface area contributed by atoms with Crippen LogP contribution in [0.2, 0.25) is 0 Å². The summed E-state index contributed by atoms with van der Waals surface area (Å²) in [5, 5.41) is 0. The second-order valence-corrected chi connectivity index (χ2v) is 25.9. The van der Waals surface area contributed by atoms with E-state index in [4.69, 9.17) is 18.5 Å². The number of ether oxygens (including phenoxy) is 2. The number of phosphoric ester groups is 1. The van der Waals surface area contributed by atoms with Crippen LogP contribution in [-0.4, -0.2) is 70.0 Å². The Hall–Kier alpha value is -5.67. The number of carbonyl (C=O) groups is 2. The van der Waals surface area contributed by atoms with Crippen molar-refractivity contribution < 1.29 is 42.1 Å². The van der Waals surface area contributed by atoms with Crippen LogP contribution in [-0.2, 0) is 32.7 Å². The van der Waals surface area contributed by atoms with E-state index in [0.717, 1.165) is 148 Å². The van der Waals surface area contributed by atoms with Gasteiger partial charge in [0.05, 0.1) is 27.7 Å². The van der Waals surface area contributed by atoms with Gasteiger partial charge in [0.1, 0.15) is 19.8 Å². The lowest BCUT2D eigenvalue weighted by Gasteiger charge is -2.28. The van der Waals surface area contributed by atoms with Crippen LogP contribution in [0.25, 0.3) is 0 Å². The first-order valence-electron chi connectivity index (χ1n) is 36.4. The monoisotopic (exact) mass is 1310 g/mol. The molecule has 0 radical (unpaired) electrons. The Bertz CT molecular complexity index is 2390. The van der Waals surface area contributed by atoms with Crippen molar-refractivity contribution in [2.24, 2.45) is 0 Å². The second-order valence-electron chi connectivity index (χ2n) is 24.5. The summed E-state index contributed by atoms with van der Waals surface area (Å²) in [7, 11) is 1.11. The smallest absolute Gasteiger partial charge is 0.306 e. The number of hydrogen-bond acceptors (Lipinski definition) is 8. The van der Waals surface area contributed by atoms with Gasteiger partial charge in [-0.25, -0.2) is 0 Å². The van der Waals surface area contributed by atoms with Gasteiger partial charge in [-0.05, 0) is 154 Å². The van der Waals surface area contributed by atoms with Crippen LogP contribution < -0.4 is 4.89 Å². The van der Waals surface area contributed by atoms with E-state index >= 15 is 0 Å². The average molecular weight is 1310 g/mol. The van der Waals surface area contributed by atoms with Crippen molar-refractivity contribution in [3.8, 4) is 0 Å². The lowest BCUT2D eigenvalue weighted by atomic mass is 10.0. The number of quaternary nitrogens is 1. The number of nitrogens with zero attached hydrogens (tertiary/aromatic N) is 1. The number of likely N-dealkylation sites (N-methyl/N-ethyl adjacent to an activating group) is 1. The van der Waals surface area contributed by atoms with Crippen LogP contribution in [0.5, 0.6) is 0 Å². The van der Waals surface area contributed by atoms with Crippen LogP contribution >= 0.6 is 7.82 Å². The maximum absolute atomic E-state index is 12.9. The van der Waals surface area contributed by atoms with Crippen molar-refractivity contribution in [1.29, 1.82) is 0 Å². The predicted octanol–water partition coefficient (Wildman–Crippen LogP) is 23.7. The molecule has 0 aliphatic rings. The fraction of sp³-hybridized carbons (Fsp3) is 0.548. The molecule has 2 atom stereocenters. The van der Waals surface area contributed by atoms with E-state index in [0.29, 0.717) is 23.9 Å². The molecule has 0 spiro atoms. The molecule has 2 unspecified atom stereocenters. The Kier molecular flexibility index (Phi) is 67.3. The molecular weight excluding hydrogens is 1180 g/mol. The van der Waals surface area contributed by atoms with Crippen LogP contribution in [0.4, 0.5) is 0 Å². The molecule has 0 aromatic rings.